The van der Waals surface area contributed by atoms with Gasteiger partial charge < -0.3 is 5.32 Å². The SMILES string of the molecule is CC(C)C1CCCCC1Nc1cnn(C(C)C)c(=O)c1Cl. The second kappa shape index (κ2) is 6.82. The molecule has 118 valence electrons. The molecule has 2 unspecified atom stereocenters. The fourth-order valence-electron chi connectivity index (χ4n) is 3.25. The van der Waals surface area contributed by atoms with Gasteiger partial charge in [-0.25, -0.2) is 4.68 Å². The number of anilines is 1. The molecule has 1 N–H and O–H groups in total. The minimum absolute atomic E-state index is 0.0159. The van der Waals surface area contributed by atoms with Gasteiger partial charge in [0.2, 0.25) is 0 Å². The van der Waals surface area contributed by atoms with Crippen molar-refractivity contribution >= 4 is 17.3 Å². The van der Waals surface area contributed by atoms with Gasteiger partial charge in [0.15, 0.2) is 0 Å². The van der Waals surface area contributed by atoms with Gasteiger partial charge in [0.1, 0.15) is 5.02 Å². The molecule has 1 aromatic rings. The monoisotopic (exact) mass is 311 g/mol. The Morgan fingerprint density at radius 2 is 1.95 bits per heavy atom. The minimum atomic E-state index is -0.214. The molecule has 0 saturated heterocycles. The summed E-state index contributed by atoms with van der Waals surface area (Å²) >= 11 is 6.25. The first-order chi connectivity index (χ1) is 9.91. The molecule has 5 heteroatoms. The summed E-state index contributed by atoms with van der Waals surface area (Å²) in [4.78, 5) is 12.2. The van der Waals surface area contributed by atoms with Crippen molar-refractivity contribution in [2.24, 2.45) is 11.8 Å². The van der Waals surface area contributed by atoms with Crippen LogP contribution >= 0.6 is 11.6 Å². The molecule has 0 aliphatic heterocycles. The number of rotatable bonds is 4. The molecular formula is C16H26ClN3O. The van der Waals surface area contributed by atoms with E-state index in [0.29, 0.717) is 23.6 Å². The van der Waals surface area contributed by atoms with Crippen LogP contribution in [0.4, 0.5) is 5.69 Å². The number of halogens is 1. The summed E-state index contributed by atoms with van der Waals surface area (Å²) in [7, 11) is 0. The third kappa shape index (κ3) is 3.60. The molecule has 21 heavy (non-hydrogen) atoms. The molecule has 0 spiro atoms. The first kappa shape index (κ1) is 16.3. The number of hydrogen-bond acceptors (Lipinski definition) is 3. The standard InChI is InChI=1S/C16H26ClN3O/c1-10(2)12-7-5-6-8-13(12)19-14-9-18-20(11(3)4)16(21)15(14)17/h9-13,19H,5-8H2,1-4H3. The second-order valence-electron chi connectivity index (χ2n) is 6.66. The summed E-state index contributed by atoms with van der Waals surface area (Å²) in [5.41, 5.74) is 0.463. The molecule has 1 heterocycles. The van der Waals surface area contributed by atoms with E-state index in [0.717, 1.165) is 6.42 Å². The highest BCUT2D eigenvalue weighted by molar-refractivity contribution is 6.32. The summed E-state index contributed by atoms with van der Waals surface area (Å²) in [5, 5.41) is 7.97. The Hall–Kier alpha value is -1.03. The number of nitrogens with zero attached hydrogens (tertiary/aromatic N) is 2. The van der Waals surface area contributed by atoms with Crippen LogP contribution in [-0.4, -0.2) is 15.8 Å². The molecular weight excluding hydrogens is 286 g/mol. The van der Waals surface area contributed by atoms with E-state index in [2.05, 4.69) is 24.3 Å². The van der Waals surface area contributed by atoms with Gasteiger partial charge in [0.05, 0.1) is 17.9 Å². The third-order valence-corrected chi connectivity index (χ3v) is 4.81. The predicted octanol–water partition coefficient (Wildman–Crippen LogP) is 4.10. The Bertz CT molecular complexity index is 539. The highest BCUT2D eigenvalue weighted by Crippen LogP contribution is 2.33. The van der Waals surface area contributed by atoms with Gasteiger partial charge >= 0.3 is 0 Å². The highest BCUT2D eigenvalue weighted by Gasteiger charge is 2.28. The first-order valence-corrected chi connectivity index (χ1v) is 8.33. The van der Waals surface area contributed by atoms with Crippen LogP contribution in [0.3, 0.4) is 0 Å². The van der Waals surface area contributed by atoms with Crippen LogP contribution < -0.4 is 10.9 Å². The predicted molar refractivity (Wildman–Crippen MR) is 88.1 cm³/mol. The summed E-state index contributed by atoms with van der Waals surface area (Å²) in [5.74, 6) is 1.26. The van der Waals surface area contributed by atoms with Crippen molar-refractivity contribution in [2.75, 3.05) is 5.32 Å². The fourth-order valence-corrected chi connectivity index (χ4v) is 3.44. The molecule has 1 aliphatic carbocycles. The summed E-state index contributed by atoms with van der Waals surface area (Å²) in [6.45, 7) is 8.38. The van der Waals surface area contributed by atoms with Crippen molar-refractivity contribution in [3.8, 4) is 0 Å². The Morgan fingerprint density at radius 1 is 1.29 bits per heavy atom. The van der Waals surface area contributed by atoms with Crippen LogP contribution in [0.5, 0.6) is 0 Å². The normalized spacial score (nSPS) is 22.8. The number of hydrogen-bond donors (Lipinski definition) is 1. The van der Waals surface area contributed by atoms with E-state index < -0.39 is 0 Å². The topological polar surface area (TPSA) is 46.9 Å². The molecule has 2 atom stereocenters. The molecule has 4 nitrogen and oxygen atoms in total. The summed E-state index contributed by atoms with van der Waals surface area (Å²) in [6.07, 6.45) is 6.59. The molecule has 0 amide bonds. The zero-order valence-corrected chi connectivity index (χ0v) is 14.2. The van der Waals surface area contributed by atoms with Crippen molar-refractivity contribution < 1.29 is 0 Å². The van der Waals surface area contributed by atoms with Crippen LogP contribution in [0.2, 0.25) is 5.02 Å². The van der Waals surface area contributed by atoms with Crippen molar-refractivity contribution in [1.29, 1.82) is 0 Å². The van der Waals surface area contributed by atoms with Gasteiger partial charge in [-0.1, -0.05) is 38.3 Å². The van der Waals surface area contributed by atoms with Crippen LogP contribution in [0.25, 0.3) is 0 Å². The van der Waals surface area contributed by atoms with E-state index in [1.165, 1.54) is 23.9 Å². The Morgan fingerprint density at radius 3 is 2.57 bits per heavy atom. The zero-order chi connectivity index (χ0) is 15.6. The second-order valence-corrected chi connectivity index (χ2v) is 7.04. The van der Waals surface area contributed by atoms with Crippen molar-refractivity contribution in [3.05, 3.63) is 21.6 Å². The lowest BCUT2D eigenvalue weighted by Gasteiger charge is -2.35. The van der Waals surface area contributed by atoms with Crippen molar-refractivity contribution in [3.63, 3.8) is 0 Å². The lowest BCUT2D eigenvalue weighted by Crippen LogP contribution is -2.36. The molecule has 1 fully saturated rings. The van der Waals surface area contributed by atoms with E-state index in [-0.39, 0.29) is 16.6 Å². The molecule has 0 bridgehead atoms. The average molecular weight is 312 g/mol. The smallest absolute Gasteiger partial charge is 0.287 e. The quantitative estimate of drug-likeness (QED) is 0.910. The van der Waals surface area contributed by atoms with Crippen LogP contribution in [0, 0.1) is 11.8 Å². The van der Waals surface area contributed by atoms with Gasteiger partial charge in [0.25, 0.3) is 5.56 Å². The lowest BCUT2D eigenvalue weighted by atomic mass is 9.78. The number of aromatic nitrogens is 2. The van der Waals surface area contributed by atoms with Gasteiger partial charge in [-0.05, 0) is 38.5 Å². The first-order valence-electron chi connectivity index (χ1n) is 7.95. The average Bonchev–Trinajstić information content (AvgIpc) is 2.44. The van der Waals surface area contributed by atoms with Gasteiger partial charge in [-0.15, -0.1) is 0 Å². The largest absolute Gasteiger partial charge is 0.379 e. The van der Waals surface area contributed by atoms with E-state index in [1.807, 2.05) is 13.8 Å². The summed E-state index contributed by atoms with van der Waals surface area (Å²) < 4.78 is 1.42. The minimum Gasteiger partial charge on any atom is -0.379 e. The molecule has 1 saturated carbocycles. The van der Waals surface area contributed by atoms with Crippen LogP contribution in [0.1, 0.15) is 59.4 Å². The van der Waals surface area contributed by atoms with E-state index in [4.69, 9.17) is 11.6 Å². The molecule has 0 aromatic carbocycles. The maximum Gasteiger partial charge on any atom is 0.287 e. The van der Waals surface area contributed by atoms with Crippen molar-refractivity contribution in [1.82, 2.24) is 9.78 Å². The Labute approximate surface area is 131 Å². The van der Waals surface area contributed by atoms with E-state index >= 15 is 0 Å². The zero-order valence-electron chi connectivity index (χ0n) is 13.4. The third-order valence-electron chi connectivity index (χ3n) is 4.45. The Kier molecular flexibility index (Phi) is 5.31. The number of nitrogens with one attached hydrogen (secondary N) is 1. The molecule has 1 aromatic heterocycles. The van der Waals surface area contributed by atoms with Gasteiger partial charge in [-0.2, -0.15) is 5.10 Å². The molecule has 0 radical (unpaired) electrons. The molecule has 2 rings (SSSR count). The van der Waals surface area contributed by atoms with Crippen LogP contribution in [-0.2, 0) is 0 Å². The summed E-state index contributed by atoms with van der Waals surface area (Å²) in [6, 6.07) is 0.398. The fraction of sp³-hybridized carbons (Fsp3) is 0.750. The van der Waals surface area contributed by atoms with Crippen molar-refractivity contribution in [2.45, 2.75) is 65.5 Å². The highest BCUT2D eigenvalue weighted by atomic mass is 35.5. The molecule has 1 aliphatic rings. The lowest BCUT2D eigenvalue weighted by molar-refractivity contribution is 0.253. The van der Waals surface area contributed by atoms with Gasteiger partial charge in [-0.3, -0.25) is 4.79 Å². The van der Waals surface area contributed by atoms with E-state index in [9.17, 15) is 4.79 Å². The Balaban J connectivity index is 2.23. The van der Waals surface area contributed by atoms with E-state index in [1.54, 1.807) is 6.20 Å². The van der Waals surface area contributed by atoms with Crippen LogP contribution in [0.15, 0.2) is 11.0 Å². The van der Waals surface area contributed by atoms with Gasteiger partial charge in [0, 0.05) is 6.04 Å². The maximum absolute atomic E-state index is 12.2. The maximum atomic E-state index is 12.2.